The van der Waals surface area contributed by atoms with Gasteiger partial charge < -0.3 is 20.9 Å². The summed E-state index contributed by atoms with van der Waals surface area (Å²) in [6.07, 6.45) is 2.20. The molecule has 8 nitrogen and oxygen atoms in total. The van der Waals surface area contributed by atoms with E-state index >= 15 is 0 Å². The molecule has 33 heavy (non-hydrogen) atoms. The number of hydrogen-bond donors (Lipinski definition) is 2. The van der Waals surface area contributed by atoms with Gasteiger partial charge in [-0.15, -0.1) is 0 Å². The van der Waals surface area contributed by atoms with E-state index < -0.39 is 17.8 Å². The van der Waals surface area contributed by atoms with E-state index in [1.807, 2.05) is 19.9 Å². The molecule has 0 saturated heterocycles. The average Bonchev–Trinajstić information content (AvgIpc) is 3.02. The Hall–Kier alpha value is -3.81. The van der Waals surface area contributed by atoms with Crippen LogP contribution in [0.3, 0.4) is 0 Å². The van der Waals surface area contributed by atoms with E-state index in [1.165, 1.54) is 18.2 Å². The first-order valence-electron chi connectivity index (χ1n) is 11.0. The van der Waals surface area contributed by atoms with E-state index in [0.717, 1.165) is 17.7 Å². The summed E-state index contributed by atoms with van der Waals surface area (Å²) in [4.78, 5) is 39.7. The lowest BCUT2D eigenvalue weighted by atomic mass is 10.1. The van der Waals surface area contributed by atoms with Crippen molar-refractivity contribution in [1.82, 2.24) is 4.90 Å². The number of nitrogens with zero attached hydrogens (tertiary/aromatic N) is 1. The van der Waals surface area contributed by atoms with Crippen LogP contribution in [0.1, 0.15) is 49.0 Å². The third-order valence-electron chi connectivity index (χ3n) is 5.30. The number of imide groups is 1. The lowest BCUT2D eigenvalue weighted by molar-refractivity contribution is -0.139. The number of benzene rings is 2. The van der Waals surface area contributed by atoms with E-state index in [2.05, 4.69) is 0 Å². The van der Waals surface area contributed by atoms with Crippen LogP contribution in [-0.2, 0) is 19.1 Å². The molecule has 1 unspecified atom stereocenters. The number of nitrogen functional groups attached to an aromatic ring is 2. The minimum Gasteiger partial charge on any atom is -0.484 e. The number of hydrogen-bond acceptors (Lipinski definition) is 7. The third kappa shape index (κ3) is 5.52. The van der Waals surface area contributed by atoms with Crippen LogP contribution in [0.4, 0.5) is 11.4 Å². The van der Waals surface area contributed by atoms with Crippen molar-refractivity contribution in [1.29, 1.82) is 0 Å². The predicted molar refractivity (Wildman–Crippen MR) is 126 cm³/mol. The number of amides is 2. The topological polar surface area (TPSA) is 125 Å². The molecule has 0 spiro atoms. The Balaban J connectivity index is 1.75. The summed E-state index contributed by atoms with van der Waals surface area (Å²) in [5.41, 5.74) is 13.1. The van der Waals surface area contributed by atoms with Crippen molar-refractivity contribution >= 4 is 34.7 Å². The summed E-state index contributed by atoms with van der Waals surface area (Å²) in [5.74, 6) is -1.61. The Morgan fingerprint density at radius 2 is 1.67 bits per heavy atom. The van der Waals surface area contributed by atoms with Gasteiger partial charge in [0.1, 0.15) is 6.61 Å². The maximum atomic E-state index is 13.2. The van der Waals surface area contributed by atoms with Crippen LogP contribution in [0.2, 0.25) is 0 Å². The molecule has 4 N–H and O–H groups in total. The molecule has 0 bridgehead atoms. The minimum absolute atomic E-state index is 0.0430. The summed E-state index contributed by atoms with van der Waals surface area (Å²) < 4.78 is 11.3. The number of carbonyl (C=O) groups is 3. The van der Waals surface area contributed by atoms with Crippen molar-refractivity contribution in [2.24, 2.45) is 0 Å². The Morgan fingerprint density at radius 3 is 2.27 bits per heavy atom. The second kappa shape index (κ2) is 10.7. The smallest absolute Gasteiger partial charge is 0.338 e. The molecule has 174 valence electrons. The lowest BCUT2D eigenvalue weighted by Gasteiger charge is -2.18. The highest BCUT2D eigenvalue weighted by atomic mass is 16.5. The number of anilines is 2. The predicted octanol–water partition coefficient (Wildman–Crippen LogP) is 3.38. The molecular formula is C25H29N3O5. The fourth-order valence-electron chi connectivity index (χ4n) is 3.67. The zero-order valence-corrected chi connectivity index (χ0v) is 18.9. The number of esters is 1. The Morgan fingerprint density at radius 1 is 1.00 bits per heavy atom. The van der Waals surface area contributed by atoms with Crippen molar-refractivity contribution < 1.29 is 23.9 Å². The molecular weight excluding hydrogens is 422 g/mol. The maximum absolute atomic E-state index is 13.2. The lowest BCUT2D eigenvalue weighted by Crippen LogP contribution is -2.35. The van der Waals surface area contributed by atoms with Crippen LogP contribution in [0.25, 0.3) is 5.57 Å². The SMILES string of the molecule is CCCC(CC)OC1=C(c2ccccc2)C(=O)N(CCOC(=O)c2cc(N)cc(N)c2)C1=O. The van der Waals surface area contributed by atoms with Crippen molar-refractivity contribution in [3.63, 3.8) is 0 Å². The van der Waals surface area contributed by atoms with Crippen molar-refractivity contribution in [2.75, 3.05) is 24.6 Å². The summed E-state index contributed by atoms with van der Waals surface area (Å²) >= 11 is 0. The standard InChI is InChI=1S/C25H29N3O5/c1-3-8-20(4-2)33-22-21(16-9-6-5-7-10-16)23(29)28(24(22)30)11-12-32-25(31)17-13-18(26)15-19(27)14-17/h5-7,9-10,13-15,20H,3-4,8,11-12,26-27H2,1-2H3. The normalized spacial score (nSPS) is 14.5. The van der Waals surface area contributed by atoms with E-state index in [1.54, 1.807) is 24.3 Å². The molecule has 3 rings (SSSR count). The molecule has 1 atom stereocenters. The fraction of sp³-hybridized carbons (Fsp3) is 0.320. The number of ether oxygens (including phenoxy) is 2. The highest BCUT2D eigenvalue weighted by Gasteiger charge is 2.41. The highest BCUT2D eigenvalue weighted by molar-refractivity contribution is 6.35. The quantitative estimate of drug-likeness (QED) is 0.322. The largest absolute Gasteiger partial charge is 0.484 e. The first-order chi connectivity index (χ1) is 15.8. The van der Waals surface area contributed by atoms with Gasteiger partial charge in [-0.1, -0.05) is 50.6 Å². The number of carbonyl (C=O) groups excluding carboxylic acids is 3. The van der Waals surface area contributed by atoms with Gasteiger partial charge in [0.2, 0.25) is 0 Å². The van der Waals surface area contributed by atoms with E-state index in [4.69, 9.17) is 20.9 Å². The van der Waals surface area contributed by atoms with E-state index in [9.17, 15) is 14.4 Å². The van der Waals surface area contributed by atoms with Gasteiger partial charge in [0, 0.05) is 11.4 Å². The molecule has 0 aliphatic carbocycles. The van der Waals surface area contributed by atoms with Gasteiger partial charge >= 0.3 is 5.97 Å². The van der Waals surface area contributed by atoms with Gasteiger partial charge in [0.15, 0.2) is 5.76 Å². The van der Waals surface area contributed by atoms with E-state index in [0.29, 0.717) is 23.4 Å². The zero-order chi connectivity index (χ0) is 24.0. The van der Waals surface area contributed by atoms with Gasteiger partial charge in [-0.2, -0.15) is 0 Å². The number of rotatable bonds is 10. The summed E-state index contributed by atoms with van der Waals surface area (Å²) in [5, 5.41) is 0. The molecule has 1 aliphatic rings. The minimum atomic E-state index is -0.644. The molecule has 2 amide bonds. The molecule has 0 aromatic heterocycles. The first kappa shape index (κ1) is 23.8. The molecule has 0 saturated carbocycles. The van der Waals surface area contributed by atoms with Gasteiger partial charge in [-0.3, -0.25) is 14.5 Å². The Kier molecular flexibility index (Phi) is 7.71. The summed E-state index contributed by atoms with van der Waals surface area (Å²) in [6, 6.07) is 13.4. The number of nitrogens with two attached hydrogens (primary N) is 2. The second-order valence-corrected chi connectivity index (χ2v) is 7.79. The van der Waals surface area contributed by atoms with Crippen LogP contribution in [0, 0.1) is 0 Å². The second-order valence-electron chi connectivity index (χ2n) is 7.79. The van der Waals surface area contributed by atoms with Gasteiger partial charge in [0.05, 0.1) is 23.8 Å². The molecule has 0 radical (unpaired) electrons. The fourth-order valence-corrected chi connectivity index (χ4v) is 3.67. The molecule has 1 aliphatic heterocycles. The van der Waals surface area contributed by atoms with Crippen LogP contribution in [-0.4, -0.2) is 41.9 Å². The molecule has 2 aromatic rings. The van der Waals surface area contributed by atoms with Crippen molar-refractivity contribution in [3.05, 3.63) is 65.4 Å². The molecule has 1 heterocycles. The zero-order valence-electron chi connectivity index (χ0n) is 18.9. The van der Waals surface area contributed by atoms with Gasteiger partial charge in [-0.05, 0) is 36.6 Å². The molecule has 2 aromatic carbocycles. The van der Waals surface area contributed by atoms with E-state index in [-0.39, 0.29) is 36.2 Å². The van der Waals surface area contributed by atoms with Crippen molar-refractivity contribution in [2.45, 2.75) is 39.2 Å². The van der Waals surface area contributed by atoms with Crippen molar-refractivity contribution in [3.8, 4) is 0 Å². The van der Waals surface area contributed by atoms with Crippen LogP contribution >= 0.6 is 0 Å². The highest BCUT2D eigenvalue weighted by Crippen LogP contribution is 2.31. The average molecular weight is 452 g/mol. The Bertz CT molecular complexity index is 1040. The maximum Gasteiger partial charge on any atom is 0.338 e. The summed E-state index contributed by atoms with van der Waals surface area (Å²) in [6.45, 7) is 3.74. The van der Waals surface area contributed by atoms with Crippen LogP contribution < -0.4 is 11.5 Å². The summed E-state index contributed by atoms with van der Waals surface area (Å²) in [7, 11) is 0. The van der Waals surface area contributed by atoms with Crippen LogP contribution in [0.15, 0.2) is 54.3 Å². The monoisotopic (exact) mass is 451 g/mol. The van der Waals surface area contributed by atoms with Gasteiger partial charge in [0.25, 0.3) is 11.8 Å². The van der Waals surface area contributed by atoms with Gasteiger partial charge in [-0.25, -0.2) is 4.79 Å². The third-order valence-corrected chi connectivity index (χ3v) is 5.30. The Labute approximate surface area is 193 Å². The molecule has 8 heteroatoms. The first-order valence-corrected chi connectivity index (χ1v) is 11.0. The van der Waals surface area contributed by atoms with Crippen LogP contribution in [0.5, 0.6) is 0 Å². The molecule has 0 fully saturated rings.